The zero-order valence-electron chi connectivity index (χ0n) is 8.92. The summed E-state index contributed by atoms with van der Waals surface area (Å²) in [7, 11) is 1.75. The van der Waals surface area contributed by atoms with Crippen LogP contribution in [-0.2, 0) is 6.54 Å². The molecule has 0 amide bonds. The molecular formula is C11H12N4O. The lowest BCUT2D eigenvalue weighted by Crippen LogP contribution is -2.22. The first-order chi connectivity index (χ1) is 7.79. The van der Waals surface area contributed by atoms with Crippen molar-refractivity contribution in [1.82, 2.24) is 14.8 Å². The van der Waals surface area contributed by atoms with E-state index in [0.29, 0.717) is 6.54 Å². The predicted octanol–water partition coefficient (Wildman–Crippen LogP) is 0.728. The number of anilines is 1. The number of pyridine rings is 1. The third kappa shape index (κ3) is 2.25. The van der Waals surface area contributed by atoms with Gasteiger partial charge in [0.05, 0.1) is 18.4 Å². The summed E-state index contributed by atoms with van der Waals surface area (Å²) in [5.74, 6) is 0. The molecule has 2 aromatic rings. The van der Waals surface area contributed by atoms with Gasteiger partial charge in [-0.05, 0) is 17.7 Å². The molecule has 0 fully saturated rings. The maximum absolute atomic E-state index is 11.6. The number of hydrogen-bond acceptors (Lipinski definition) is 4. The zero-order valence-corrected chi connectivity index (χ0v) is 8.92. The zero-order chi connectivity index (χ0) is 11.4. The van der Waals surface area contributed by atoms with E-state index >= 15 is 0 Å². The van der Waals surface area contributed by atoms with E-state index in [0.717, 1.165) is 11.3 Å². The maximum Gasteiger partial charge on any atom is 0.269 e. The molecule has 16 heavy (non-hydrogen) atoms. The van der Waals surface area contributed by atoms with Crippen LogP contribution in [0.3, 0.4) is 0 Å². The number of aromatic nitrogens is 3. The molecule has 0 aromatic carbocycles. The van der Waals surface area contributed by atoms with E-state index in [9.17, 15) is 4.79 Å². The summed E-state index contributed by atoms with van der Waals surface area (Å²) in [5, 5.41) is 6.94. The summed E-state index contributed by atoms with van der Waals surface area (Å²) < 4.78 is 1.41. The molecule has 0 saturated carbocycles. The highest BCUT2D eigenvalue weighted by Gasteiger charge is 1.99. The van der Waals surface area contributed by atoms with Crippen molar-refractivity contribution in [2.24, 2.45) is 0 Å². The normalized spacial score (nSPS) is 10.1. The Kier molecular flexibility index (Phi) is 2.95. The number of rotatable bonds is 3. The first-order valence-electron chi connectivity index (χ1n) is 4.93. The minimum absolute atomic E-state index is 0.122. The topological polar surface area (TPSA) is 59.8 Å². The second kappa shape index (κ2) is 4.57. The van der Waals surface area contributed by atoms with Crippen LogP contribution in [0.4, 0.5) is 5.69 Å². The predicted molar refractivity (Wildman–Crippen MR) is 61.4 cm³/mol. The van der Waals surface area contributed by atoms with Gasteiger partial charge in [0.1, 0.15) is 0 Å². The summed E-state index contributed by atoms with van der Waals surface area (Å²) in [6.45, 7) is 0.464. The van der Waals surface area contributed by atoms with E-state index in [-0.39, 0.29) is 5.56 Å². The first kappa shape index (κ1) is 10.4. The number of nitrogens with zero attached hydrogens (tertiary/aromatic N) is 3. The van der Waals surface area contributed by atoms with Crippen LogP contribution < -0.4 is 10.9 Å². The Morgan fingerprint density at radius 2 is 2.12 bits per heavy atom. The van der Waals surface area contributed by atoms with Crippen molar-refractivity contribution in [2.75, 3.05) is 12.4 Å². The third-order valence-electron chi connectivity index (χ3n) is 2.24. The highest BCUT2D eigenvalue weighted by Crippen LogP contribution is 2.00. The summed E-state index contributed by atoms with van der Waals surface area (Å²) in [4.78, 5) is 15.6. The van der Waals surface area contributed by atoms with Crippen LogP contribution in [-0.4, -0.2) is 21.8 Å². The molecule has 0 aliphatic carbocycles. The molecule has 0 saturated heterocycles. The molecule has 0 bridgehead atoms. The van der Waals surface area contributed by atoms with Crippen molar-refractivity contribution < 1.29 is 0 Å². The van der Waals surface area contributed by atoms with E-state index in [1.165, 1.54) is 10.7 Å². The lowest BCUT2D eigenvalue weighted by Gasteiger charge is -2.05. The van der Waals surface area contributed by atoms with Crippen LogP contribution in [0, 0.1) is 0 Å². The van der Waals surface area contributed by atoms with Gasteiger partial charge in [-0.1, -0.05) is 0 Å². The first-order valence-corrected chi connectivity index (χ1v) is 4.93. The Labute approximate surface area is 92.8 Å². The molecule has 1 N–H and O–H groups in total. The smallest absolute Gasteiger partial charge is 0.269 e. The van der Waals surface area contributed by atoms with Gasteiger partial charge in [0.15, 0.2) is 0 Å². The molecule has 5 nitrogen and oxygen atoms in total. The highest BCUT2D eigenvalue weighted by molar-refractivity contribution is 5.37. The lowest BCUT2D eigenvalue weighted by molar-refractivity contribution is 0.639. The second-order valence-corrected chi connectivity index (χ2v) is 3.35. The fraction of sp³-hybridized carbons (Fsp3) is 0.182. The van der Waals surface area contributed by atoms with Gasteiger partial charge in [-0.25, -0.2) is 4.68 Å². The van der Waals surface area contributed by atoms with Gasteiger partial charge in [0.2, 0.25) is 0 Å². The van der Waals surface area contributed by atoms with Gasteiger partial charge in [0.25, 0.3) is 5.56 Å². The van der Waals surface area contributed by atoms with Gasteiger partial charge in [0, 0.05) is 25.5 Å². The standard InChI is InChI=1S/C11H12N4O/c1-12-10-6-11(16)15(14-7-10)8-9-2-4-13-5-3-9/h2-7,12H,8H2,1H3. The van der Waals surface area contributed by atoms with E-state index in [4.69, 9.17) is 0 Å². The second-order valence-electron chi connectivity index (χ2n) is 3.35. The number of nitrogens with one attached hydrogen (secondary N) is 1. The highest BCUT2D eigenvalue weighted by atomic mass is 16.1. The van der Waals surface area contributed by atoms with Crippen LogP contribution in [0.1, 0.15) is 5.56 Å². The summed E-state index contributed by atoms with van der Waals surface area (Å²) >= 11 is 0. The average Bonchev–Trinajstić information content (AvgIpc) is 2.33. The molecule has 0 spiro atoms. The summed E-state index contributed by atoms with van der Waals surface area (Å²) in [6.07, 6.45) is 5.02. The van der Waals surface area contributed by atoms with Gasteiger partial charge >= 0.3 is 0 Å². The Morgan fingerprint density at radius 3 is 2.75 bits per heavy atom. The summed E-state index contributed by atoms with van der Waals surface area (Å²) in [5.41, 5.74) is 1.60. The van der Waals surface area contributed by atoms with Crippen molar-refractivity contribution in [3.8, 4) is 0 Å². The average molecular weight is 216 g/mol. The molecule has 0 aliphatic heterocycles. The van der Waals surface area contributed by atoms with Gasteiger partial charge in [-0.3, -0.25) is 9.78 Å². The molecule has 2 rings (SSSR count). The van der Waals surface area contributed by atoms with Crippen LogP contribution in [0.5, 0.6) is 0 Å². The minimum atomic E-state index is -0.122. The Bertz CT molecular complexity index is 521. The van der Waals surface area contributed by atoms with E-state index < -0.39 is 0 Å². The van der Waals surface area contributed by atoms with Crippen molar-refractivity contribution in [3.05, 3.63) is 52.7 Å². The van der Waals surface area contributed by atoms with E-state index in [1.807, 2.05) is 12.1 Å². The minimum Gasteiger partial charge on any atom is -0.387 e. The maximum atomic E-state index is 11.6. The van der Waals surface area contributed by atoms with Crippen LogP contribution in [0.2, 0.25) is 0 Å². The van der Waals surface area contributed by atoms with Gasteiger partial charge in [-0.15, -0.1) is 0 Å². The van der Waals surface area contributed by atoms with Crippen LogP contribution in [0.25, 0.3) is 0 Å². The monoisotopic (exact) mass is 216 g/mol. The molecule has 5 heteroatoms. The molecule has 2 heterocycles. The Balaban J connectivity index is 2.26. The van der Waals surface area contributed by atoms with Crippen LogP contribution >= 0.6 is 0 Å². The molecular weight excluding hydrogens is 204 g/mol. The van der Waals surface area contributed by atoms with Gasteiger partial charge < -0.3 is 5.32 Å². The largest absolute Gasteiger partial charge is 0.387 e. The molecule has 0 aliphatic rings. The fourth-order valence-corrected chi connectivity index (χ4v) is 1.35. The van der Waals surface area contributed by atoms with Crippen molar-refractivity contribution in [3.63, 3.8) is 0 Å². The van der Waals surface area contributed by atoms with Crippen LogP contribution in [0.15, 0.2) is 41.6 Å². The molecule has 2 aromatic heterocycles. The number of hydrogen-bond donors (Lipinski definition) is 1. The van der Waals surface area contributed by atoms with Crippen molar-refractivity contribution >= 4 is 5.69 Å². The Morgan fingerprint density at radius 1 is 1.38 bits per heavy atom. The summed E-state index contributed by atoms with van der Waals surface area (Å²) in [6, 6.07) is 5.24. The molecule has 0 unspecified atom stereocenters. The third-order valence-corrected chi connectivity index (χ3v) is 2.24. The molecule has 0 radical (unpaired) electrons. The van der Waals surface area contributed by atoms with E-state index in [2.05, 4.69) is 15.4 Å². The van der Waals surface area contributed by atoms with Crippen molar-refractivity contribution in [1.29, 1.82) is 0 Å². The molecule has 82 valence electrons. The van der Waals surface area contributed by atoms with Gasteiger partial charge in [-0.2, -0.15) is 5.10 Å². The molecule has 0 atom stereocenters. The van der Waals surface area contributed by atoms with E-state index in [1.54, 1.807) is 25.6 Å². The fourth-order valence-electron chi connectivity index (χ4n) is 1.35. The van der Waals surface area contributed by atoms with Crippen molar-refractivity contribution in [2.45, 2.75) is 6.54 Å². The lowest BCUT2D eigenvalue weighted by atomic mass is 10.3. The SMILES string of the molecule is CNc1cnn(Cc2ccncc2)c(=O)c1. The quantitative estimate of drug-likeness (QED) is 0.821. The Hall–Kier alpha value is -2.17.